The van der Waals surface area contributed by atoms with Gasteiger partial charge in [-0.25, -0.2) is 4.68 Å². The average molecular weight is 523 g/mol. The van der Waals surface area contributed by atoms with Gasteiger partial charge < -0.3 is 9.72 Å². The van der Waals surface area contributed by atoms with E-state index in [1.54, 1.807) is 7.11 Å². The molecular formula is C31H34N6O2. The Morgan fingerprint density at radius 1 is 0.974 bits per heavy atom. The van der Waals surface area contributed by atoms with E-state index >= 15 is 0 Å². The third-order valence-electron chi connectivity index (χ3n) is 7.41. The van der Waals surface area contributed by atoms with Gasteiger partial charge in [0.1, 0.15) is 5.75 Å². The first-order valence-corrected chi connectivity index (χ1v) is 13.3. The molecule has 3 aromatic carbocycles. The third-order valence-corrected chi connectivity index (χ3v) is 7.41. The number of aryl methyl sites for hydroxylation is 2. The van der Waals surface area contributed by atoms with Crippen molar-refractivity contribution in [2.24, 2.45) is 0 Å². The van der Waals surface area contributed by atoms with Crippen molar-refractivity contribution in [2.75, 3.05) is 7.11 Å². The number of methoxy groups -OCH3 is 1. The summed E-state index contributed by atoms with van der Waals surface area (Å²) in [5.41, 5.74) is 6.04. The average Bonchev–Trinajstić information content (AvgIpc) is 3.40. The first kappa shape index (κ1) is 26.3. The number of aromatic nitrogens is 5. The van der Waals surface area contributed by atoms with Crippen LogP contribution in [-0.2, 0) is 19.6 Å². The first-order valence-electron chi connectivity index (χ1n) is 13.3. The van der Waals surface area contributed by atoms with Crippen LogP contribution < -0.4 is 10.3 Å². The number of nitrogens with zero attached hydrogens (tertiary/aromatic N) is 5. The van der Waals surface area contributed by atoms with Gasteiger partial charge in [-0.05, 0) is 76.5 Å². The number of ether oxygens (including phenoxy) is 1. The molecule has 0 saturated heterocycles. The number of hydrogen-bond donors (Lipinski definition) is 1. The van der Waals surface area contributed by atoms with Gasteiger partial charge in [0.15, 0.2) is 5.82 Å². The van der Waals surface area contributed by atoms with Gasteiger partial charge in [-0.3, -0.25) is 9.69 Å². The summed E-state index contributed by atoms with van der Waals surface area (Å²) >= 11 is 0. The number of hydrogen-bond acceptors (Lipinski definition) is 6. The van der Waals surface area contributed by atoms with Gasteiger partial charge in [0, 0.05) is 18.7 Å². The fourth-order valence-electron chi connectivity index (χ4n) is 5.07. The molecule has 1 N–H and O–H groups in total. The van der Waals surface area contributed by atoms with Gasteiger partial charge >= 0.3 is 0 Å². The normalized spacial score (nSPS) is 12.2. The number of H-pyrrole nitrogens is 1. The monoisotopic (exact) mass is 522 g/mol. The van der Waals surface area contributed by atoms with Gasteiger partial charge in [-0.1, -0.05) is 61.5 Å². The van der Waals surface area contributed by atoms with Crippen molar-refractivity contribution in [3.8, 4) is 5.75 Å². The molecule has 0 bridgehead atoms. The van der Waals surface area contributed by atoms with Gasteiger partial charge in [0.05, 0.1) is 25.2 Å². The number of benzene rings is 3. The molecule has 200 valence electrons. The lowest BCUT2D eigenvalue weighted by atomic mass is 10.0. The Morgan fingerprint density at radius 2 is 1.74 bits per heavy atom. The maximum absolute atomic E-state index is 13.3. The van der Waals surface area contributed by atoms with E-state index in [4.69, 9.17) is 4.74 Å². The minimum Gasteiger partial charge on any atom is -0.497 e. The van der Waals surface area contributed by atoms with E-state index in [1.807, 2.05) is 60.1 Å². The molecule has 1 atom stereocenters. The molecule has 8 nitrogen and oxygen atoms in total. The molecule has 0 saturated carbocycles. The Balaban J connectivity index is 1.50. The Morgan fingerprint density at radius 3 is 2.46 bits per heavy atom. The van der Waals surface area contributed by atoms with E-state index < -0.39 is 0 Å². The smallest absolute Gasteiger partial charge is 0.252 e. The van der Waals surface area contributed by atoms with Crippen LogP contribution in [0.2, 0.25) is 0 Å². The molecule has 39 heavy (non-hydrogen) atoms. The fraction of sp³-hybridized carbons (Fsp3) is 0.290. The zero-order valence-electron chi connectivity index (χ0n) is 22.9. The van der Waals surface area contributed by atoms with Gasteiger partial charge in [0.2, 0.25) is 0 Å². The SMILES string of the molecule is CC[C@@H](c1nnnn1Cc1ccc(OC)cc1)N(Cc1ccccc1)Cc1cc2ccc(C)c(C)c2[nH]c1=O. The van der Waals surface area contributed by atoms with Crippen LogP contribution in [0.3, 0.4) is 0 Å². The molecule has 0 spiro atoms. The van der Waals surface area contributed by atoms with Crippen LogP contribution >= 0.6 is 0 Å². The summed E-state index contributed by atoms with van der Waals surface area (Å²) in [5, 5.41) is 13.9. The van der Waals surface area contributed by atoms with Crippen molar-refractivity contribution in [3.05, 3.63) is 117 Å². The predicted octanol–water partition coefficient (Wildman–Crippen LogP) is 5.34. The first-order chi connectivity index (χ1) is 19.0. The molecule has 0 unspecified atom stereocenters. The molecule has 5 aromatic rings. The van der Waals surface area contributed by atoms with Crippen molar-refractivity contribution in [2.45, 2.75) is 52.9 Å². The van der Waals surface area contributed by atoms with E-state index in [0.29, 0.717) is 25.2 Å². The quantitative estimate of drug-likeness (QED) is 0.266. The zero-order chi connectivity index (χ0) is 27.4. The van der Waals surface area contributed by atoms with Crippen LogP contribution in [0.4, 0.5) is 0 Å². The molecule has 2 heterocycles. The molecule has 0 amide bonds. The second kappa shape index (κ2) is 11.6. The van der Waals surface area contributed by atoms with Gasteiger partial charge in [0.25, 0.3) is 5.56 Å². The van der Waals surface area contributed by atoms with E-state index in [1.165, 1.54) is 0 Å². The fourth-order valence-corrected chi connectivity index (χ4v) is 5.07. The summed E-state index contributed by atoms with van der Waals surface area (Å²) in [5.74, 6) is 1.58. The highest BCUT2D eigenvalue weighted by Gasteiger charge is 2.26. The summed E-state index contributed by atoms with van der Waals surface area (Å²) in [4.78, 5) is 18.7. The summed E-state index contributed by atoms with van der Waals surface area (Å²) in [6.07, 6.45) is 0.777. The van der Waals surface area contributed by atoms with E-state index in [-0.39, 0.29) is 11.6 Å². The highest BCUT2D eigenvalue weighted by molar-refractivity contribution is 5.83. The van der Waals surface area contributed by atoms with E-state index in [9.17, 15) is 4.79 Å². The molecule has 8 heteroatoms. The summed E-state index contributed by atoms with van der Waals surface area (Å²) in [6.45, 7) is 7.89. The number of rotatable bonds is 10. The largest absolute Gasteiger partial charge is 0.497 e. The zero-order valence-corrected chi connectivity index (χ0v) is 22.9. The molecule has 0 aliphatic rings. The van der Waals surface area contributed by atoms with Crippen LogP contribution in [0.1, 0.15) is 53.0 Å². The highest BCUT2D eigenvalue weighted by atomic mass is 16.5. The lowest BCUT2D eigenvalue weighted by Gasteiger charge is -2.30. The summed E-state index contributed by atoms with van der Waals surface area (Å²) in [6, 6.07) is 24.3. The van der Waals surface area contributed by atoms with Gasteiger partial charge in [-0.15, -0.1) is 5.10 Å². The van der Waals surface area contributed by atoms with Crippen molar-refractivity contribution < 1.29 is 4.74 Å². The minimum atomic E-state index is -0.103. The second-order valence-electron chi connectivity index (χ2n) is 9.95. The molecule has 0 aliphatic heterocycles. The third kappa shape index (κ3) is 5.76. The van der Waals surface area contributed by atoms with Crippen molar-refractivity contribution in [1.82, 2.24) is 30.1 Å². The van der Waals surface area contributed by atoms with Crippen LogP contribution in [0.5, 0.6) is 5.75 Å². The highest BCUT2D eigenvalue weighted by Crippen LogP contribution is 2.27. The Hall–Kier alpha value is -4.30. The van der Waals surface area contributed by atoms with Crippen molar-refractivity contribution in [3.63, 3.8) is 0 Å². The van der Waals surface area contributed by atoms with Gasteiger partial charge in [-0.2, -0.15) is 0 Å². The number of aromatic amines is 1. The Kier molecular flexibility index (Phi) is 7.84. The summed E-state index contributed by atoms with van der Waals surface area (Å²) in [7, 11) is 1.66. The predicted molar refractivity (Wildman–Crippen MR) is 153 cm³/mol. The lowest BCUT2D eigenvalue weighted by Crippen LogP contribution is -2.32. The van der Waals surface area contributed by atoms with Crippen molar-refractivity contribution >= 4 is 10.9 Å². The number of tetrazole rings is 1. The van der Waals surface area contributed by atoms with Crippen LogP contribution in [0.25, 0.3) is 10.9 Å². The molecule has 2 aromatic heterocycles. The van der Waals surface area contributed by atoms with Crippen molar-refractivity contribution in [1.29, 1.82) is 0 Å². The number of pyridine rings is 1. The van der Waals surface area contributed by atoms with E-state index in [0.717, 1.165) is 51.2 Å². The molecule has 5 rings (SSSR count). The topological polar surface area (TPSA) is 88.9 Å². The minimum absolute atomic E-state index is 0.0676. The molecule has 0 aliphatic carbocycles. The number of fused-ring (bicyclic) bond motifs is 1. The summed E-state index contributed by atoms with van der Waals surface area (Å²) < 4.78 is 7.15. The Labute approximate surface area is 228 Å². The van der Waals surface area contributed by atoms with Crippen LogP contribution in [0, 0.1) is 13.8 Å². The lowest BCUT2D eigenvalue weighted by molar-refractivity contribution is 0.161. The van der Waals surface area contributed by atoms with E-state index in [2.05, 4.69) is 63.5 Å². The second-order valence-corrected chi connectivity index (χ2v) is 9.95. The number of nitrogens with one attached hydrogen (secondary N) is 1. The molecular weight excluding hydrogens is 488 g/mol. The maximum Gasteiger partial charge on any atom is 0.252 e. The standard InChI is InChI=1S/C31H34N6O2/c1-5-28(30-33-34-35-37(30)19-24-12-15-27(39-4)16-13-24)36(18-23-9-7-6-8-10-23)20-26-17-25-14-11-21(2)22(3)29(25)32-31(26)38/h6-17,28H,5,18-20H2,1-4H3,(H,32,38)/t28-/m0/s1. The molecule has 0 radical (unpaired) electrons. The molecule has 0 fully saturated rings. The Bertz CT molecular complexity index is 1610. The van der Waals surface area contributed by atoms with Crippen LogP contribution in [-0.4, -0.2) is 37.2 Å². The maximum atomic E-state index is 13.3. The van der Waals surface area contributed by atoms with Crippen LogP contribution in [0.15, 0.2) is 77.6 Å².